The molecule has 0 radical (unpaired) electrons. The third-order valence-corrected chi connectivity index (χ3v) is 5.16. The van der Waals surface area contributed by atoms with Crippen LogP contribution in [0.1, 0.15) is 56.9 Å². The highest BCUT2D eigenvalue weighted by Gasteiger charge is 2.12. The van der Waals surface area contributed by atoms with Crippen LogP contribution in [0.5, 0.6) is 11.5 Å². The van der Waals surface area contributed by atoms with Crippen molar-refractivity contribution in [1.29, 1.82) is 0 Å². The average molecular weight is 392 g/mol. The lowest BCUT2D eigenvalue weighted by molar-refractivity contribution is 0.0264. The molecule has 0 atom stereocenters. The van der Waals surface area contributed by atoms with Crippen LogP contribution in [0, 0.1) is 0 Å². The normalized spacial score (nSPS) is 15.4. The molecule has 0 unspecified atom stereocenters. The van der Waals surface area contributed by atoms with Crippen molar-refractivity contribution in [1.82, 2.24) is 5.32 Å². The molecule has 1 saturated carbocycles. The van der Waals surface area contributed by atoms with E-state index >= 15 is 0 Å². The number of methoxy groups -OCH3 is 2. The van der Waals surface area contributed by atoms with E-state index in [0.29, 0.717) is 12.1 Å². The summed E-state index contributed by atoms with van der Waals surface area (Å²) in [5.41, 5.74) is 7.11. The standard InChI is InChI=1S/C22H37N3O3/c1-26-20-12-11-18(17-21(20)27-2)13-15-25-22(23)24-14-7-4-8-16-28-19-9-5-3-6-10-19/h11-12,17,19H,3-10,13-16H2,1-2H3,(H3,23,24,25). The molecule has 0 aliphatic heterocycles. The van der Waals surface area contributed by atoms with Crippen molar-refractivity contribution >= 4 is 5.96 Å². The van der Waals surface area contributed by atoms with Gasteiger partial charge in [-0.15, -0.1) is 0 Å². The van der Waals surface area contributed by atoms with Crippen LogP contribution in [0.25, 0.3) is 0 Å². The molecule has 0 amide bonds. The highest BCUT2D eigenvalue weighted by Crippen LogP contribution is 2.27. The fourth-order valence-electron chi connectivity index (χ4n) is 3.50. The van der Waals surface area contributed by atoms with E-state index in [1.54, 1.807) is 14.2 Å². The second-order valence-electron chi connectivity index (χ2n) is 7.32. The molecule has 0 spiro atoms. The number of nitrogens with zero attached hydrogens (tertiary/aromatic N) is 1. The van der Waals surface area contributed by atoms with E-state index < -0.39 is 0 Å². The third-order valence-electron chi connectivity index (χ3n) is 5.16. The van der Waals surface area contributed by atoms with Crippen LogP contribution in [0.2, 0.25) is 0 Å². The summed E-state index contributed by atoms with van der Waals surface area (Å²) in [5.74, 6) is 2.00. The van der Waals surface area contributed by atoms with Gasteiger partial charge in [-0.25, -0.2) is 0 Å². The van der Waals surface area contributed by atoms with Crippen LogP contribution in [-0.2, 0) is 11.2 Å². The third kappa shape index (κ3) is 8.38. The topological polar surface area (TPSA) is 78.1 Å². The molecule has 0 saturated heterocycles. The number of benzene rings is 1. The van der Waals surface area contributed by atoms with E-state index in [1.807, 2.05) is 18.2 Å². The predicted octanol–water partition coefficient (Wildman–Crippen LogP) is 3.67. The van der Waals surface area contributed by atoms with E-state index in [2.05, 4.69) is 10.3 Å². The first-order valence-electron chi connectivity index (χ1n) is 10.6. The van der Waals surface area contributed by atoms with Gasteiger partial charge in [0.2, 0.25) is 0 Å². The molecule has 0 aromatic heterocycles. The van der Waals surface area contributed by atoms with Gasteiger partial charge in [0.25, 0.3) is 0 Å². The number of nitrogens with two attached hydrogens (primary N) is 1. The maximum Gasteiger partial charge on any atom is 0.188 e. The highest BCUT2D eigenvalue weighted by atomic mass is 16.5. The fraction of sp³-hybridized carbons (Fsp3) is 0.682. The minimum absolute atomic E-state index is 0.511. The van der Waals surface area contributed by atoms with Crippen LogP contribution in [0.15, 0.2) is 23.2 Å². The van der Waals surface area contributed by atoms with Crippen molar-refractivity contribution in [3.63, 3.8) is 0 Å². The van der Waals surface area contributed by atoms with E-state index in [1.165, 1.54) is 32.1 Å². The Balaban J connectivity index is 1.52. The van der Waals surface area contributed by atoms with Crippen LogP contribution >= 0.6 is 0 Å². The van der Waals surface area contributed by atoms with E-state index in [9.17, 15) is 0 Å². The Morgan fingerprint density at radius 3 is 2.61 bits per heavy atom. The second kappa shape index (κ2) is 13.3. The Kier molecular flexibility index (Phi) is 10.6. The monoisotopic (exact) mass is 391 g/mol. The molecular weight excluding hydrogens is 354 g/mol. The molecular formula is C22H37N3O3. The second-order valence-corrected chi connectivity index (χ2v) is 7.32. The molecule has 3 N–H and O–H groups in total. The van der Waals surface area contributed by atoms with Gasteiger partial charge in [0.1, 0.15) is 0 Å². The SMILES string of the molecule is COc1ccc(CCNC(N)=NCCCCCOC2CCCCC2)cc1OC. The van der Waals surface area contributed by atoms with Crippen molar-refractivity contribution in [2.75, 3.05) is 33.9 Å². The molecule has 1 aliphatic carbocycles. The molecule has 0 bridgehead atoms. The number of aliphatic imine (C=N–C) groups is 1. The summed E-state index contributed by atoms with van der Waals surface area (Å²) in [5, 5.41) is 3.17. The van der Waals surface area contributed by atoms with Crippen molar-refractivity contribution in [2.45, 2.75) is 63.9 Å². The van der Waals surface area contributed by atoms with Gasteiger partial charge in [-0.3, -0.25) is 4.99 Å². The van der Waals surface area contributed by atoms with Crippen molar-refractivity contribution < 1.29 is 14.2 Å². The highest BCUT2D eigenvalue weighted by molar-refractivity contribution is 5.77. The van der Waals surface area contributed by atoms with Gasteiger partial charge in [-0.1, -0.05) is 25.3 Å². The van der Waals surface area contributed by atoms with Gasteiger partial charge in [-0.2, -0.15) is 0 Å². The van der Waals surface area contributed by atoms with E-state index in [4.69, 9.17) is 19.9 Å². The number of guanidine groups is 1. The number of ether oxygens (including phenoxy) is 3. The number of nitrogens with one attached hydrogen (secondary N) is 1. The lowest BCUT2D eigenvalue weighted by Gasteiger charge is -2.21. The molecule has 1 aromatic rings. The molecule has 1 fully saturated rings. The molecule has 158 valence electrons. The molecule has 0 heterocycles. The van der Waals surface area contributed by atoms with Gasteiger partial charge < -0.3 is 25.3 Å². The summed E-state index contributed by atoms with van der Waals surface area (Å²) < 4.78 is 16.5. The van der Waals surface area contributed by atoms with Gasteiger partial charge in [0.05, 0.1) is 20.3 Å². The number of hydrogen-bond acceptors (Lipinski definition) is 4. The molecule has 2 rings (SSSR count). The largest absolute Gasteiger partial charge is 0.493 e. The van der Waals surface area contributed by atoms with Crippen molar-refractivity contribution in [2.24, 2.45) is 10.7 Å². The lowest BCUT2D eigenvalue weighted by Crippen LogP contribution is -2.33. The smallest absolute Gasteiger partial charge is 0.188 e. The summed E-state index contributed by atoms with van der Waals surface area (Å²) in [6, 6.07) is 5.94. The summed E-state index contributed by atoms with van der Waals surface area (Å²) >= 11 is 0. The van der Waals surface area contributed by atoms with Crippen LogP contribution in [-0.4, -0.2) is 46.0 Å². The zero-order valence-corrected chi connectivity index (χ0v) is 17.5. The Bertz CT molecular complexity index is 586. The van der Waals surface area contributed by atoms with E-state index in [0.717, 1.165) is 62.4 Å². The minimum Gasteiger partial charge on any atom is -0.493 e. The molecule has 1 aliphatic rings. The van der Waals surface area contributed by atoms with Crippen molar-refractivity contribution in [3.8, 4) is 11.5 Å². The first-order valence-corrected chi connectivity index (χ1v) is 10.6. The quantitative estimate of drug-likeness (QED) is 0.323. The van der Waals surface area contributed by atoms with Crippen LogP contribution < -0.4 is 20.5 Å². The first kappa shape index (κ1) is 22.3. The summed E-state index contributed by atoms with van der Waals surface area (Å²) in [4.78, 5) is 4.40. The minimum atomic E-state index is 0.511. The molecule has 28 heavy (non-hydrogen) atoms. The van der Waals surface area contributed by atoms with Crippen molar-refractivity contribution in [3.05, 3.63) is 23.8 Å². The number of rotatable bonds is 12. The lowest BCUT2D eigenvalue weighted by atomic mass is 9.98. The first-order chi connectivity index (χ1) is 13.7. The Hall–Kier alpha value is -1.95. The summed E-state index contributed by atoms with van der Waals surface area (Å²) in [7, 11) is 3.28. The molecule has 1 aromatic carbocycles. The fourth-order valence-corrected chi connectivity index (χ4v) is 3.50. The molecule has 6 nitrogen and oxygen atoms in total. The van der Waals surface area contributed by atoms with Crippen LogP contribution in [0.3, 0.4) is 0 Å². The van der Waals surface area contributed by atoms with Gasteiger partial charge >= 0.3 is 0 Å². The van der Waals surface area contributed by atoms with Gasteiger partial charge in [0.15, 0.2) is 17.5 Å². The maximum absolute atomic E-state index is 5.95. The average Bonchev–Trinajstić information content (AvgIpc) is 2.73. The van der Waals surface area contributed by atoms with Crippen LogP contribution in [0.4, 0.5) is 0 Å². The number of unbranched alkanes of at least 4 members (excludes halogenated alkanes) is 2. The Morgan fingerprint density at radius 1 is 1.07 bits per heavy atom. The Morgan fingerprint density at radius 2 is 1.86 bits per heavy atom. The predicted molar refractivity (Wildman–Crippen MR) is 114 cm³/mol. The summed E-state index contributed by atoms with van der Waals surface area (Å²) in [6.45, 7) is 2.38. The maximum atomic E-state index is 5.95. The van der Waals surface area contributed by atoms with Gasteiger partial charge in [0, 0.05) is 19.7 Å². The molecule has 6 heteroatoms. The Labute approximate surface area is 169 Å². The van der Waals surface area contributed by atoms with E-state index in [-0.39, 0.29) is 0 Å². The summed E-state index contributed by atoms with van der Waals surface area (Å²) in [6.07, 6.45) is 11.2. The van der Waals surface area contributed by atoms with Gasteiger partial charge in [-0.05, 0) is 56.2 Å². The zero-order chi connectivity index (χ0) is 20.0. The number of hydrogen-bond donors (Lipinski definition) is 2. The zero-order valence-electron chi connectivity index (χ0n) is 17.5.